The Morgan fingerprint density at radius 2 is 1.80 bits per heavy atom. The van der Waals surface area contributed by atoms with E-state index in [1.165, 1.54) is 6.07 Å². The lowest BCUT2D eigenvalue weighted by Gasteiger charge is -2.16. The van der Waals surface area contributed by atoms with Gasteiger partial charge in [-0.05, 0) is 48.8 Å². The number of hydrogen-bond acceptors (Lipinski definition) is 3. The summed E-state index contributed by atoms with van der Waals surface area (Å²) >= 11 is 0. The smallest absolute Gasteiger partial charge is 0.388 e. The van der Waals surface area contributed by atoms with Crippen LogP contribution >= 0.6 is 0 Å². The molecule has 3 rings (SSSR count). The molecule has 0 amide bonds. The van der Waals surface area contributed by atoms with Gasteiger partial charge in [0.05, 0.1) is 11.0 Å². The Hall–Kier alpha value is -1.08. The maximum atomic E-state index is 12.7. The SMILES string of the molecule is O=S(=O)(c1ccc(C2CC2)c2c1C(O)CC2)C(F)(F)F. The highest BCUT2D eigenvalue weighted by molar-refractivity contribution is 7.92. The molecular weight excluding hydrogens is 293 g/mol. The second-order valence-electron chi connectivity index (χ2n) is 5.32. The topological polar surface area (TPSA) is 54.4 Å². The Bertz CT molecular complexity index is 660. The van der Waals surface area contributed by atoms with E-state index in [1.54, 1.807) is 0 Å². The second kappa shape index (κ2) is 4.21. The van der Waals surface area contributed by atoms with Crippen molar-refractivity contribution in [2.45, 2.75) is 48.1 Å². The van der Waals surface area contributed by atoms with Gasteiger partial charge in [0.15, 0.2) is 0 Å². The van der Waals surface area contributed by atoms with Crippen LogP contribution in [0, 0.1) is 0 Å². The normalized spacial score (nSPS) is 22.9. The summed E-state index contributed by atoms with van der Waals surface area (Å²) in [4.78, 5) is -0.783. The third-order valence-corrected chi connectivity index (χ3v) is 5.51. The van der Waals surface area contributed by atoms with Crippen LogP contribution in [0.25, 0.3) is 0 Å². The number of fused-ring (bicyclic) bond motifs is 1. The van der Waals surface area contributed by atoms with Gasteiger partial charge >= 0.3 is 5.51 Å². The van der Waals surface area contributed by atoms with E-state index >= 15 is 0 Å². The Kier molecular flexibility index (Phi) is 2.92. The summed E-state index contributed by atoms with van der Waals surface area (Å²) in [7, 11) is -5.42. The maximum absolute atomic E-state index is 12.7. The minimum atomic E-state index is -5.42. The lowest BCUT2D eigenvalue weighted by molar-refractivity contribution is -0.0437. The van der Waals surface area contributed by atoms with Crippen molar-refractivity contribution in [3.05, 3.63) is 28.8 Å². The summed E-state index contributed by atoms with van der Waals surface area (Å²) in [6.45, 7) is 0. The lowest BCUT2D eigenvalue weighted by Crippen LogP contribution is -2.25. The molecule has 0 aromatic heterocycles. The first-order valence-corrected chi connectivity index (χ1v) is 7.87. The van der Waals surface area contributed by atoms with E-state index in [-0.39, 0.29) is 12.0 Å². The molecule has 1 saturated carbocycles. The van der Waals surface area contributed by atoms with Crippen molar-refractivity contribution in [3.8, 4) is 0 Å². The van der Waals surface area contributed by atoms with Crippen LogP contribution in [0.5, 0.6) is 0 Å². The molecule has 0 aliphatic heterocycles. The predicted molar refractivity (Wildman–Crippen MR) is 64.9 cm³/mol. The molecular formula is C13H13F3O3S. The highest BCUT2D eigenvalue weighted by Crippen LogP contribution is 2.48. The van der Waals surface area contributed by atoms with E-state index in [1.807, 2.05) is 0 Å². The Morgan fingerprint density at radius 1 is 1.15 bits per heavy atom. The predicted octanol–water partition coefficient (Wildman–Crippen LogP) is 2.84. The molecule has 1 unspecified atom stereocenters. The Morgan fingerprint density at radius 3 is 2.35 bits per heavy atom. The molecule has 1 fully saturated rings. The van der Waals surface area contributed by atoms with Crippen LogP contribution in [0.4, 0.5) is 13.2 Å². The van der Waals surface area contributed by atoms with Crippen LogP contribution in [-0.2, 0) is 16.3 Å². The van der Waals surface area contributed by atoms with Gasteiger partial charge in [-0.2, -0.15) is 13.2 Å². The van der Waals surface area contributed by atoms with Crippen molar-refractivity contribution in [1.29, 1.82) is 0 Å². The van der Waals surface area contributed by atoms with Gasteiger partial charge in [-0.1, -0.05) is 6.07 Å². The van der Waals surface area contributed by atoms with Crippen LogP contribution < -0.4 is 0 Å². The second-order valence-corrected chi connectivity index (χ2v) is 7.23. The van der Waals surface area contributed by atoms with E-state index in [0.717, 1.165) is 24.5 Å². The molecule has 1 atom stereocenters. The van der Waals surface area contributed by atoms with Crippen LogP contribution in [-0.4, -0.2) is 19.0 Å². The number of aliphatic hydroxyl groups excluding tert-OH is 1. The van der Waals surface area contributed by atoms with Gasteiger partial charge in [-0.3, -0.25) is 0 Å². The first kappa shape index (κ1) is 13.9. The standard InChI is InChI=1S/C13H13F3O3S/c14-13(15,16)20(18,19)11-6-4-8(7-1-2-7)9-3-5-10(17)12(9)11/h4,6-7,10,17H,1-3,5H2. The molecule has 2 aliphatic rings. The van der Waals surface area contributed by atoms with Crippen molar-refractivity contribution in [1.82, 2.24) is 0 Å². The van der Waals surface area contributed by atoms with Crippen molar-refractivity contribution in [3.63, 3.8) is 0 Å². The number of halogens is 3. The largest absolute Gasteiger partial charge is 0.501 e. The van der Waals surface area contributed by atoms with E-state index < -0.39 is 26.3 Å². The molecule has 0 spiro atoms. The average Bonchev–Trinajstić information content (AvgIpc) is 3.11. The van der Waals surface area contributed by atoms with Gasteiger partial charge in [-0.15, -0.1) is 0 Å². The van der Waals surface area contributed by atoms with Gasteiger partial charge < -0.3 is 5.11 Å². The maximum Gasteiger partial charge on any atom is 0.501 e. The Balaban J connectivity index is 2.22. The molecule has 0 bridgehead atoms. The van der Waals surface area contributed by atoms with Gasteiger partial charge in [0.2, 0.25) is 0 Å². The van der Waals surface area contributed by atoms with E-state index in [4.69, 9.17) is 0 Å². The fraction of sp³-hybridized carbons (Fsp3) is 0.538. The minimum Gasteiger partial charge on any atom is -0.388 e. The molecule has 0 radical (unpaired) electrons. The average molecular weight is 306 g/mol. The summed E-state index contributed by atoms with van der Waals surface area (Å²) in [6.07, 6.45) is 1.51. The molecule has 20 heavy (non-hydrogen) atoms. The van der Waals surface area contributed by atoms with Crippen molar-refractivity contribution in [2.75, 3.05) is 0 Å². The number of aliphatic hydroxyl groups is 1. The molecule has 2 aliphatic carbocycles. The minimum absolute atomic E-state index is 0.0354. The molecule has 110 valence electrons. The fourth-order valence-electron chi connectivity index (χ4n) is 2.87. The van der Waals surface area contributed by atoms with Crippen molar-refractivity contribution < 1.29 is 26.7 Å². The van der Waals surface area contributed by atoms with Crippen molar-refractivity contribution >= 4 is 9.84 Å². The Labute approximate surface area is 114 Å². The van der Waals surface area contributed by atoms with Gasteiger partial charge in [0, 0.05) is 5.56 Å². The molecule has 7 heteroatoms. The van der Waals surface area contributed by atoms with E-state index in [9.17, 15) is 26.7 Å². The third-order valence-electron chi connectivity index (χ3n) is 3.97. The quantitative estimate of drug-likeness (QED) is 0.914. The van der Waals surface area contributed by atoms with E-state index in [2.05, 4.69) is 0 Å². The fourth-order valence-corrected chi connectivity index (χ4v) is 3.91. The van der Waals surface area contributed by atoms with Crippen LogP contribution in [0.15, 0.2) is 17.0 Å². The molecule has 1 aromatic rings. The number of alkyl halides is 3. The van der Waals surface area contributed by atoms with Crippen LogP contribution in [0.3, 0.4) is 0 Å². The summed E-state index contributed by atoms with van der Waals surface area (Å²) in [6, 6.07) is 2.48. The number of hydrogen-bond donors (Lipinski definition) is 1. The number of sulfone groups is 1. The third kappa shape index (κ3) is 1.95. The first-order valence-electron chi connectivity index (χ1n) is 6.38. The lowest BCUT2D eigenvalue weighted by atomic mass is 9.99. The van der Waals surface area contributed by atoms with E-state index in [0.29, 0.717) is 17.9 Å². The summed E-state index contributed by atoms with van der Waals surface area (Å²) in [5.41, 5.74) is -3.88. The molecule has 1 N–H and O–H groups in total. The number of benzene rings is 1. The highest BCUT2D eigenvalue weighted by atomic mass is 32.2. The monoisotopic (exact) mass is 306 g/mol. The van der Waals surface area contributed by atoms with Crippen LogP contribution in [0.2, 0.25) is 0 Å². The van der Waals surface area contributed by atoms with Crippen molar-refractivity contribution in [2.24, 2.45) is 0 Å². The summed E-state index contributed by atoms with van der Waals surface area (Å²) in [5.74, 6) is 0.302. The zero-order chi connectivity index (χ0) is 14.7. The molecule has 0 saturated heterocycles. The summed E-state index contributed by atoms with van der Waals surface area (Å²) in [5, 5.41) is 9.89. The zero-order valence-corrected chi connectivity index (χ0v) is 11.3. The van der Waals surface area contributed by atoms with Gasteiger partial charge in [-0.25, -0.2) is 8.42 Å². The highest BCUT2D eigenvalue weighted by Gasteiger charge is 2.49. The molecule has 1 aromatic carbocycles. The van der Waals surface area contributed by atoms with Gasteiger partial charge in [0.25, 0.3) is 9.84 Å². The molecule has 0 heterocycles. The summed E-state index contributed by atoms with van der Waals surface area (Å²) < 4.78 is 61.4. The van der Waals surface area contributed by atoms with Gasteiger partial charge in [0.1, 0.15) is 0 Å². The number of rotatable bonds is 2. The van der Waals surface area contributed by atoms with Crippen LogP contribution in [0.1, 0.15) is 48.0 Å². The molecule has 3 nitrogen and oxygen atoms in total. The first-order chi connectivity index (χ1) is 9.23. The zero-order valence-electron chi connectivity index (χ0n) is 10.4.